The fraction of sp³-hybridized carbons (Fsp3) is 0.375. The molecular weight excluding hydrogens is 478 g/mol. The summed E-state index contributed by atoms with van der Waals surface area (Å²) in [5.41, 5.74) is 3.18. The number of esters is 1. The minimum atomic E-state index is -0.578. The van der Waals surface area contributed by atoms with E-state index in [9.17, 15) is 9.59 Å². The lowest BCUT2D eigenvalue weighted by atomic mass is 9.48. The number of methoxy groups -OCH3 is 1. The molecule has 0 radical (unpaired) electrons. The first-order chi connectivity index (χ1) is 18.5. The van der Waals surface area contributed by atoms with Crippen LogP contribution in [-0.2, 0) is 16.8 Å². The van der Waals surface area contributed by atoms with Gasteiger partial charge in [-0.15, -0.1) is 0 Å². The minimum absolute atomic E-state index is 0.126. The van der Waals surface area contributed by atoms with Gasteiger partial charge in [-0.25, -0.2) is 9.59 Å². The van der Waals surface area contributed by atoms with Gasteiger partial charge in [0.25, 0.3) is 0 Å². The van der Waals surface area contributed by atoms with Crippen LogP contribution >= 0.6 is 0 Å². The maximum atomic E-state index is 12.7. The second-order valence-corrected chi connectivity index (χ2v) is 11.2. The van der Waals surface area contributed by atoms with E-state index < -0.39 is 12.1 Å². The molecule has 4 bridgehead atoms. The van der Waals surface area contributed by atoms with E-state index >= 15 is 0 Å². The van der Waals surface area contributed by atoms with Gasteiger partial charge in [-0.2, -0.15) is 0 Å². The molecule has 0 saturated heterocycles. The second kappa shape index (κ2) is 10.2. The average molecular weight is 512 g/mol. The van der Waals surface area contributed by atoms with Gasteiger partial charge in [-0.3, -0.25) is 5.32 Å². The summed E-state index contributed by atoms with van der Waals surface area (Å²) in [6.07, 6.45) is 7.12. The Hall–Kier alpha value is -3.80. The molecule has 0 unspecified atom stereocenters. The molecule has 3 aromatic rings. The summed E-state index contributed by atoms with van der Waals surface area (Å²) in [4.78, 5) is 25.1. The summed E-state index contributed by atoms with van der Waals surface area (Å²) in [5, 5.41) is 2.75. The Morgan fingerprint density at radius 2 is 1.53 bits per heavy atom. The lowest BCUT2D eigenvalue weighted by Crippen LogP contribution is -2.48. The van der Waals surface area contributed by atoms with Crippen LogP contribution in [0.1, 0.15) is 60.0 Å². The summed E-state index contributed by atoms with van der Waals surface area (Å²) in [6.45, 7) is 0.207. The summed E-state index contributed by atoms with van der Waals surface area (Å²) >= 11 is 0. The highest BCUT2D eigenvalue weighted by Crippen LogP contribution is 2.62. The summed E-state index contributed by atoms with van der Waals surface area (Å²) < 4.78 is 16.8. The Balaban J connectivity index is 1.10. The molecule has 6 heteroatoms. The van der Waals surface area contributed by atoms with E-state index in [0.717, 1.165) is 29.1 Å². The summed E-state index contributed by atoms with van der Waals surface area (Å²) in [6, 6.07) is 21.8. The maximum absolute atomic E-state index is 12.7. The Morgan fingerprint density at radius 1 is 0.868 bits per heavy atom. The molecule has 7 rings (SSSR count). The quantitative estimate of drug-likeness (QED) is 0.342. The number of ether oxygens (including phenoxy) is 3. The molecule has 1 amide bonds. The molecule has 6 nitrogen and oxygen atoms in total. The number of carbonyl (C=O) groups is 2. The number of anilines is 1. The zero-order valence-corrected chi connectivity index (χ0v) is 21.7. The molecule has 0 spiro atoms. The highest BCUT2D eigenvalue weighted by Gasteiger charge is 2.52. The highest BCUT2D eigenvalue weighted by molar-refractivity contribution is 5.91. The van der Waals surface area contributed by atoms with Gasteiger partial charge in [-0.1, -0.05) is 30.3 Å². The van der Waals surface area contributed by atoms with Crippen LogP contribution in [0.5, 0.6) is 11.5 Å². The first-order valence-corrected chi connectivity index (χ1v) is 13.5. The number of benzene rings is 3. The third kappa shape index (κ3) is 5.00. The smallest absolute Gasteiger partial charge is 0.417 e. The predicted molar refractivity (Wildman–Crippen MR) is 144 cm³/mol. The summed E-state index contributed by atoms with van der Waals surface area (Å²) in [7, 11) is 1.72. The molecule has 0 atom stereocenters. The van der Waals surface area contributed by atoms with Crippen LogP contribution < -0.4 is 14.8 Å². The van der Waals surface area contributed by atoms with E-state index in [2.05, 4.69) is 5.32 Å². The maximum Gasteiger partial charge on any atom is 0.417 e. The van der Waals surface area contributed by atoms with Crippen LogP contribution in [0.2, 0.25) is 0 Å². The molecule has 0 aromatic heterocycles. The van der Waals surface area contributed by atoms with Gasteiger partial charge in [0.15, 0.2) is 0 Å². The molecule has 196 valence electrons. The molecule has 3 aromatic carbocycles. The van der Waals surface area contributed by atoms with Gasteiger partial charge in [0.2, 0.25) is 0 Å². The first-order valence-electron chi connectivity index (χ1n) is 13.5. The first kappa shape index (κ1) is 24.5. The van der Waals surface area contributed by atoms with Crippen LogP contribution in [0.3, 0.4) is 0 Å². The van der Waals surface area contributed by atoms with Crippen molar-refractivity contribution in [3.8, 4) is 11.5 Å². The zero-order chi connectivity index (χ0) is 26.1. The van der Waals surface area contributed by atoms with Crippen molar-refractivity contribution in [1.82, 2.24) is 0 Å². The SMILES string of the molecule is COc1ccc(OC(=O)Nc2ccc(C(=O)OCc3ccccc3)cc2)cc1C12CC3CC(CC(C3)C1)C2. The molecule has 1 N–H and O–H groups in total. The standard InChI is InChI=1S/C32H33NO5/c1-36-29-12-11-27(16-28(29)32-17-22-13-23(18-32)15-24(14-22)19-32)38-31(35)33-26-9-7-25(8-10-26)30(34)37-20-21-5-3-2-4-6-21/h2-12,16,22-24H,13-15,17-20H2,1H3,(H,33,35). The number of amides is 1. The number of rotatable bonds is 7. The van der Waals surface area contributed by atoms with Gasteiger partial charge in [0, 0.05) is 11.3 Å². The molecule has 0 heterocycles. The van der Waals surface area contributed by atoms with Crippen LogP contribution in [-0.4, -0.2) is 19.2 Å². The van der Waals surface area contributed by atoms with Crippen molar-refractivity contribution in [3.05, 3.63) is 89.5 Å². The third-order valence-corrected chi connectivity index (χ3v) is 8.57. The number of hydrogen-bond donors (Lipinski definition) is 1. The highest BCUT2D eigenvalue weighted by atomic mass is 16.6. The molecule has 0 aliphatic heterocycles. The van der Waals surface area contributed by atoms with Crippen molar-refractivity contribution < 1.29 is 23.8 Å². The zero-order valence-electron chi connectivity index (χ0n) is 21.7. The number of hydrogen-bond acceptors (Lipinski definition) is 5. The van der Waals surface area contributed by atoms with Gasteiger partial charge in [0.05, 0.1) is 12.7 Å². The lowest BCUT2D eigenvalue weighted by Gasteiger charge is -2.57. The Kier molecular flexibility index (Phi) is 6.56. The van der Waals surface area contributed by atoms with Gasteiger partial charge in [-0.05, 0) is 110 Å². The van der Waals surface area contributed by atoms with Crippen molar-refractivity contribution in [1.29, 1.82) is 0 Å². The largest absolute Gasteiger partial charge is 0.496 e. The minimum Gasteiger partial charge on any atom is -0.496 e. The van der Waals surface area contributed by atoms with E-state index in [-0.39, 0.29) is 12.0 Å². The monoisotopic (exact) mass is 511 g/mol. The van der Waals surface area contributed by atoms with Crippen molar-refractivity contribution in [2.24, 2.45) is 17.8 Å². The van der Waals surface area contributed by atoms with Gasteiger partial charge < -0.3 is 14.2 Å². The lowest BCUT2D eigenvalue weighted by molar-refractivity contribution is -0.00623. The molecule has 4 fully saturated rings. The normalized spacial score (nSPS) is 25.0. The van der Waals surface area contributed by atoms with Gasteiger partial charge >= 0.3 is 12.1 Å². The van der Waals surface area contributed by atoms with Crippen molar-refractivity contribution in [3.63, 3.8) is 0 Å². The van der Waals surface area contributed by atoms with Crippen LogP contribution in [0.15, 0.2) is 72.8 Å². The molecule has 38 heavy (non-hydrogen) atoms. The number of carbonyl (C=O) groups excluding carboxylic acids is 2. The van der Waals surface area contributed by atoms with Crippen LogP contribution in [0.25, 0.3) is 0 Å². The predicted octanol–water partition coefficient (Wildman–Crippen LogP) is 7.13. The van der Waals surface area contributed by atoms with Crippen LogP contribution in [0.4, 0.5) is 10.5 Å². The van der Waals surface area contributed by atoms with E-state index in [1.54, 1.807) is 37.4 Å². The summed E-state index contributed by atoms with van der Waals surface area (Å²) in [5.74, 6) is 3.38. The van der Waals surface area contributed by atoms with Gasteiger partial charge in [0.1, 0.15) is 18.1 Å². The van der Waals surface area contributed by atoms with E-state index in [1.807, 2.05) is 42.5 Å². The molecule has 4 saturated carbocycles. The van der Waals surface area contributed by atoms with Crippen molar-refractivity contribution in [2.45, 2.75) is 50.5 Å². The van der Waals surface area contributed by atoms with Crippen molar-refractivity contribution in [2.75, 3.05) is 12.4 Å². The van der Waals surface area contributed by atoms with Crippen molar-refractivity contribution >= 4 is 17.7 Å². The fourth-order valence-corrected chi connectivity index (χ4v) is 7.35. The second-order valence-electron chi connectivity index (χ2n) is 11.2. The Morgan fingerprint density at radius 3 is 2.16 bits per heavy atom. The Bertz CT molecular complexity index is 1280. The fourth-order valence-electron chi connectivity index (χ4n) is 7.35. The van der Waals surface area contributed by atoms with Crippen LogP contribution in [0, 0.1) is 17.8 Å². The topological polar surface area (TPSA) is 73.9 Å². The average Bonchev–Trinajstić information content (AvgIpc) is 2.92. The Labute approximate surface area is 223 Å². The molecule has 4 aliphatic rings. The van der Waals surface area contributed by atoms with E-state index in [1.165, 1.54) is 44.1 Å². The molecule has 4 aliphatic carbocycles. The molecular formula is C32H33NO5. The van der Waals surface area contributed by atoms with E-state index in [4.69, 9.17) is 14.2 Å². The van der Waals surface area contributed by atoms with E-state index in [0.29, 0.717) is 17.0 Å². The number of nitrogens with one attached hydrogen (secondary N) is 1. The third-order valence-electron chi connectivity index (χ3n) is 8.57.